The zero-order chi connectivity index (χ0) is 11.4. The number of hydrogen-bond acceptors (Lipinski definition) is 4. The molecule has 0 radical (unpaired) electrons. The van der Waals surface area contributed by atoms with Crippen molar-refractivity contribution in [3.63, 3.8) is 0 Å². The van der Waals surface area contributed by atoms with E-state index in [-0.39, 0.29) is 11.6 Å². The highest BCUT2D eigenvalue weighted by molar-refractivity contribution is 6.03. The molecule has 0 fully saturated rings. The largest absolute Gasteiger partial charge is 0.383 e. The van der Waals surface area contributed by atoms with E-state index in [0.29, 0.717) is 12.0 Å². The van der Waals surface area contributed by atoms with Crippen molar-refractivity contribution in [3.05, 3.63) is 36.0 Å². The van der Waals surface area contributed by atoms with E-state index in [2.05, 4.69) is 11.6 Å². The molecule has 0 saturated carbocycles. The molecule has 1 rings (SSSR count). The molecule has 1 atom stereocenters. The van der Waals surface area contributed by atoms with E-state index in [1.165, 1.54) is 0 Å². The second-order valence-corrected chi connectivity index (χ2v) is 3.44. The van der Waals surface area contributed by atoms with Gasteiger partial charge in [0.25, 0.3) is 0 Å². The summed E-state index contributed by atoms with van der Waals surface area (Å²) in [6.45, 7) is 5.39. The van der Waals surface area contributed by atoms with Crippen molar-refractivity contribution in [3.8, 4) is 0 Å². The SMILES string of the molecule is C=CCC(N)C(=O)c1cc(C)cnc1N. The van der Waals surface area contributed by atoms with Crippen LogP contribution in [-0.2, 0) is 0 Å². The molecule has 0 saturated heterocycles. The third-order valence-corrected chi connectivity index (χ3v) is 2.08. The van der Waals surface area contributed by atoms with Gasteiger partial charge in [0.15, 0.2) is 5.78 Å². The molecule has 0 bridgehead atoms. The Labute approximate surface area is 89.0 Å². The first kappa shape index (κ1) is 11.4. The Bertz CT molecular complexity index is 387. The fourth-order valence-electron chi connectivity index (χ4n) is 1.26. The summed E-state index contributed by atoms with van der Waals surface area (Å²) in [5.74, 6) is 0.0358. The minimum Gasteiger partial charge on any atom is -0.383 e. The van der Waals surface area contributed by atoms with Crippen LogP contribution in [0.15, 0.2) is 24.9 Å². The summed E-state index contributed by atoms with van der Waals surface area (Å²) < 4.78 is 0. The highest BCUT2D eigenvalue weighted by Crippen LogP contribution is 2.13. The molecule has 4 nitrogen and oxygen atoms in total. The summed E-state index contributed by atoms with van der Waals surface area (Å²) in [6, 6.07) is 1.11. The van der Waals surface area contributed by atoms with Gasteiger partial charge in [-0.3, -0.25) is 4.79 Å². The number of aromatic nitrogens is 1. The normalized spacial score (nSPS) is 12.1. The highest BCUT2D eigenvalue weighted by atomic mass is 16.1. The first-order valence-electron chi connectivity index (χ1n) is 4.69. The van der Waals surface area contributed by atoms with E-state index < -0.39 is 6.04 Å². The summed E-state index contributed by atoms with van der Waals surface area (Å²) >= 11 is 0. The maximum absolute atomic E-state index is 11.8. The number of pyridine rings is 1. The van der Waals surface area contributed by atoms with Crippen LogP contribution < -0.4 is 11.5 Å². The molecule has 4 heteroatoms. The fraction of sp³-hybridized carbons (Fsp3) is 0.273. The van der Waals surface area contributed by atoms with Crippen LogP contribution in [0.3, 0.4) is 0 Å². The number of nitrogen functional groups attached to an aromatic ring is 1. The molecule has 1 unspecified atom stereocenters. The molecule has 0 aliphatic heterocycles. The molecule has 1 aromatic rings. The van der Waals surface area contributed by atoms with Crippen molar-refractivity contribution in [1.82, 2.24) is 4.98 Å². The topological polar surface area (TPSA) is 82.0 Å². The van der Waals surface area contributed by atoms with Gasteiger partial charge in [-0.2, -0.15) is 0 Å². The van der Waals surface area contributed by atoms with Gasteiger partial charge < -0.3 is 11.5 Å². The maximum atomic E-state index is 11.8. The van der Waals surface area contributed by atoms with Gasteiger partial charge in [-0.25, -0.2) is 4.98 Å². The van der Waals surface area contributed by atoms with Gasteiger partial charge in [-0.1, -0.05) is 6.08 Å². The zero-order valence-electron chi connectivity index (χ0n) is 8.73. The van der Waals surface area contributed by atoms with Crippen LogP contribution in [0.1, 0.15) is 22.3 Å². The van der Waals surface area contributed by atoms with Crippen molar-refractivity contribution in [2.45, 2.75) is 19.4 Å². The number of anilines is 1. The number of nitrogens with two attached hydrogens (primary N) is 2. The Morgan fingerprint density at radius 3 is 3.00 bits per heavy atom. The molecule has 0 aliphatic rings. The van der Waals surface area contributed by atoms with Crippen molar-refractivity contribution >= 4 is 11.6 Å². The summed E-state index contributed by atoms with van der Waals surface area (Å²) in [7, 11) is 0. The summed E-state index contributed by atoms with van der Waals surface area (Å²) in [5.41, 5.74) is 12.6. The van der Waals surface area contributed by atoms with E-state index in [4.69, 9.17) is 11.5 Å². The molecule has 1 heterocycles. The number of ketones is 1. The average molecular weight is 205 g/mol. The lowest BCUT2D eigenvalue weighted by atomic mass is 10.0. The number of carbonyl (C=O) groups is 1. The van der Waals surface area contributed by atoms with E-state index in [0.717, 1.165) is 5.56 Å². The quantitative estimate of drug-likeness (QED) is 0.568. The lowest BCUT2D eigenvalue weighted by Gasteiger charge is -2.09. The maximum Gasteiger partial charge on any atom is 0.183 e. The van der Waals surface area contributed by atoms with Gasteiger partial charge in [0.05, 0.1) is 11.6 Å². The molecular formula is C11H15N3O. The molecule has 0 aromatic carbocycles. The van der Waals surface area contributed by atoms with Crippen molar-refractivity contribution in [1.29, 1.82) is 0 Å². The van der Waals surface area contributed by atoms with Crippen LogP contribution in [-0.4, -0.2) is 16.8 Å². The second kappa shape index (κ2) is 4.70. The molecular weight excluding hydrogens is 190 g/mol. The Kier molecular flexibility index (Phi) is 3.57. The van der Waals surface area contributed by atoms with Crippen molar-refractivity contribution in [2.75, 3.05) is 5.73 Å². The fourth-order valence-corrected chi connectivity index (χ4v) is 1.26. The number of hydrogen-bond donors (Lipinski definition) is 2. The van der Waals surface area contributed by atoms with Crippen LogP contribution in [0, 0.1) is 6.92 Å². The summed E-state index contributed by atoms with van der Waals surface area (Å²) in [6.07, 6.45) is 3.67. The van der Waals surface area contributed by atoms with E-state index in [9.17, 15) is 4.79 Å². The molecule has 0 aliphatic carbocycles. The van der Waals surface area contributed by atoms with Crippen molar-refractivity contribution < 1.29 is 4.79 Å². The molecule has 1 aromatic heterocycles. The minimum atomic E-state index is -0.589. The van der Waals surface area contributed by atoms with Crippen LogP contribution in [0.5, 0.6) is 0 Å². The first-order chi connectivity index (χ1) is 7.06. The Morgan fingerprint density at radius 1 is 1.73 bits per heavy atom. The van der Waals surface area contributed by atoms with Crippen molar-refractivity contribution in [2.24, 2.45) is 5.73 Å². The Hall–Kier alpha value is -1.68. The Morgan fingerprint density at radius 2 is 2.40 bits per heavy atom. The number of aryl methyl sites for hydroxylation is 1. The van der Waals surface area contributed by atoms with Crippen LogP contribution in [0.2, 0.25) is 0 Å². The van der Waals surface area contributed by atoms with Crippen LogP contribution in [0.25, 0.3) is 0 Å². The predicted molar refractivity (Wildman–Crippen MR) is 60.5 cm³/mol. The average Bonchev–Trinajstić information content (AvgIpc) is 2.21. The highest BCUT2D eigenvalue weighted by Gasteiger charge is 2.17. The lowest BCUT2D eigenvalue weighted by molar-refractivity contribution is 0.0962. The standard InChI is InChI=1S/C11H15N3O/c1-3-4-9(12)10(15)8-5-7(2)6-14-11(8)13/h3,5-6,9H,1,4,12H2,2H3,(H2,13,14). The molecule has 0 spiro atoms. The van der Waals surface area contributed by atoms with Gasteiger partial charge >= 0.3 is 0 Å². The summed E-state index contributed by atoms with van der Waals surface area (Å²) in [4.78, 5) is 15.7. The van der Waals surface area contributed by atoms with Gasteiger partial charge in [0.1, 0.15) is 5.82 Å². The molecule has 0 amide bonds. The van der Waals surface area contributed by atoms with Crippen LogP contribution >= 0.6 is 0 Å². The van der Waals surface area contributed by atoms with Gasteiger partial charge in [0.2, 0.25) is 0 Å². The van der Waals surface area contributed by atoms with Gasteiger partial charge in [0, 0.05) is 6.20 Å². The van der Waals surface area contributed by atoms with E-state index in [1.54, 1.807) is 18.3 Å². The van der Waals surface area contributed by atoms with Crippen LogP contribution in [0.4, 0.5) is 5.82 Å². The van der Waals surface area contributed by atoms with E-state index in [1.807, 2.05) is 6.92 Å². The molecule has 15 heavy (non-hydrogen) atoms. The molecule has 80 valence electrons. The number of nitrogens with zero attached hydrogens (tertiary/aromatic N) is 1. The lowest BCUT2D eigenvalue weighted by Crippen LogP contribution is -2.30. The second-order valence-electron chi connectivity index (χ2n) is 3.44. The third kappa shape index (κ3) is 2.63. The smallest absolute Gasteiger partial charge is 0.183 e. The van der Waals surface area contributed by atoms with E-state index >= 15 is 0 Å². The Balaban J connectivity index is 2.99. The number of rotatable bonds is 4. The summed E-state index contributed by atoms with van der Waals surface area (Å²) in [5, 5.41) is 0. The van der Waals surface area contributed by atoms with Gasteiger partial charge in [-0.15, -0.1) is 6.58 Å². The minimum absolute atomic E-state index is 0.191. The number of Topliss-reactive ketones (excluding diaryl/α,β-unsaturated/α-hetero) is 1. The third-order valence-electron chi connectivity index (χ3n) is 2.08. The number of carbonyl (C=O) groups excluding carboxylic acids is 1. The van der Waals surface area contributed by atoms with Gasteiger partial charge in [-0.05, 0) is 25.0 Å². The first-order valence-corrected chi connectivity index (χ1v) is 4.69. The molecule has 4 N–H and O–H groups in total. The zero-order valence-corrected chi connectivity index (χ0v) is 8.73. The monoisotopic (exact) mass is 205 g/mol. The predicted octanol–water partition coefficient (Wildman–Crippen LogP) is 1.06.